The lowest BCUT2D eigenvalue weighted by molar-refractivity contribution is -0.137. The zero-order chi connectivity index (χ0) is 30.0. The van der Waals surface area contributed by atoms with Gasteiger partial charge in [-0.05, 0) is 72.0 Å². The molecule has 0 spiro atoms. The second-order valence-corrected chi connectivity index (χ2v) is 10.4. The molecule has 1 aliphatic heterocycles. The first kappa shape index (κ1) is 29.0. The summed E-state index contributed by atoms with van der Waals surface area (Å²) in [6.07, 6.45) is 1.74. The number of ether oxygens (including phenoxy) is 2. The predicted octanol–water partition coefficient (Wildman–Crippen LogP) is 6.51. The maximum Gasteiger partial charge on any atom is 0.416 e. The number of anilines is 1. The summed E-state index contributed by atoms with van der Waals surface area (Å²) in [5.41, 5.74) is 1.02. The zero-order valence-electron chi connectivity index (χ0n) is 23.2. The molecule has 1 atom stereocenters. The number of carbonyl (C=O) groups excluding carboxylic acids is 2. The average molecular weight is 581 g/mol. The third-order valence-corrected chi connectivity index (χ3v) is 7.74. The van der Waals surface area contributed by atoms with Gasteiger partial charge in [0.15, 0.2) is 11.5 Å². The van der Waals surface area contributed by atoms with Crippen molar-refractivity contribution in [1.29, 1.82) is 0 Å². The number of carbonyl (C=O) groups is 2. The number of fused-ring (bicyclic) bond motifs is 1. The second-order valence-electron chi connectivity index (χ2n) is 10.4. The molecule has 3 aromatic carbocycles. The van der Waals surface area contributed by atoms with E-state index in [1.165, 1.54) is 43.4 Å². The first-order chi connectivity index (χ1) is 20.1. The summed E-state index contributed by atoms with van der Waals surface area (Å²) >= 11 is 0. The molecule has 220 valence electrons. The van der Waals surface area contributed by atoms with Gasteiger partial charge in [0.1, 0.15) is 6.04 Å². The van der Waals surface area contributed by atoms with E-state index >= 15 is 0 Å². The first-order valence-electron chi connectivity index (χ1n) is 13.7. The maximum absolute atomic E-state index is 14.3. The molecule has 7 nitrogen and oxygen atoms in total. The van der Waals surface area contributed by atoms with Crippen LogP contribution in [0, 0.1) is 0 Å². The van der Waals surface area contributed by atoms with Crippen LogP contribution in [-0.4, -0.2) is 37.2 Å². The van der Waals surface area contributed by atoms with Gasteiger partial charge in [-0.3, -0.25) is 14.5 Å². The molecular formula is C32H31F3N2O5. The van der Waals surface area contributed by atoms with Gasteiger partial charge in [0.25, 0.3) is 5.91 Å². The number of rotatable bonds is 6. The average Bonchev–Trinajstić information content (AvgIpc) is 2.99. The zero-order valence-corrected chi connectivity index (χ0v) is 23.2. The summed E-state index contributed by atoms with van der Waals surface area (Å²) < 4.78 is 50.6. The Balaban J connectivity index is 1.66. The second kappa shape index (κ2) is 11.8. The molecule has 0 radical (unpaired) electrons. The van der Waals surface area contributed by atoms with Crippen LogP contribution in [0.5, 0.6) is 17.2 Å². The van der Waals surface area contributed by atoms with E-state index in [1.807, 2.05) is 0 Å². The number of hydrogen-bond donors (Lipinski definition) is 2. The smallest absolute Gasteiger partial charge is 0.416 e. The lowest BCUT2D eigenvalue weighted by Crippen LogP contribution is -2.49. The monoisotopic (exact) mass is 580 g/mol. The van der Waals surface area contributed by atoms with E-state index in [9.17, 15) is 27.9 Å². The number of methoxy groups -OCH3 is 2. The topological polar surface area (TPSA) is 88.1 Å². The van der Waals surface area contributed by atoms with Crippen LogP contribution in [0.25, 0.3) is 11.6 Å². The molecule has 10 heteroatoms. The van der Waals surface area contributed by atoms with E-state index in [2.05, 4.69) is 5.32 Å². The van der Waals surface area contributed by atoms with Gasteiger partial charge in [0.05, 0.1) is 19.8 Å². The van der Waals surface area contributed by atoms with Gasteiger partial charge in [-0.25, -0.2) is 0 Å². The Kier molecular flexibility index (Phi) is 8.15. The normalized spacial score (nSPS) is 18.5. The van der Waals surface area contributed by atoms with Crippen LogP contribution < -0.4 is 19.7 Å². The molecular weight excluding hydrogens is 549 g/mol. The van der Waals surface area contributed by atoms with Gasteiger partial charge in [-0.2, -0.15) is 13.2 Å². The Hall–Kier alpha value is -4.47. The number of phenolic OH excluding ortho intramolecular Hbond substituents is 1. The van der Waals surface area contributed by atoms with Crippen molar-refractivity contribution in [2.45, 2.75) is 50.4 Å². The van der Waals surface area contributed by atoms with Gasteiger partial charge < -0.3 is 19.9 Å². The third kappa shape index (κ3) is 5.66. The fourth-order valence-electron chi connectivity index (χ4n) is 5.65. The minimum atomic E-state index is -4.56. The molecule has 2 N–H and O–H groups in total. The fraction of sp³-hybridized carbons (Fsp3) is 0.312. The van der Waals surface area contributed by atoms with Gasteiger partial charge in [-0.15, -0.1) is 0 Å². The molecule has 1 aliphatic carbocycles. The molecule has 0 saturated heterocycles. The minimum Gasteiger partial charge on any atom is -0.502 e. The van der Waals surface area contributed by atoms with Gasteiger partial charge in [-0.1, -0.05) is 43.5 Å². The van der Waals surface area contributed by atoms with Gasteiger partial charge in [0.2, 0.25) is 11.7 Å². The Morgan fingerprint density at radius 2 is 1.60 bits per heavy atom. The van der Waals surface area contributed by atoms with Crippen molar-refractivity contribution in [3.05, 3.63) is 82.9 Å². The summed E-state index contributed by atoms with van der Waals surface area (Å²) in [6.45, 7) is 0. The number of amides is 2. The Morgan fingerprint density at radius 3 is 2.19 bits per heavy atom. The van der Waals surface area contributed by atoms with Crippen molar-refractivity contribution in [2.75, 3.05) is 19.1 Å². The molecule has 1 fully saturated rings. The van der Waals surface area contributed by atoms with Crippen LogP contribution in [-0.2, 0) is 15.8 Å². The third-order valence-electron chi connectivity index (χ3n) is 7.74. The van der Waals surface area contributed by atoms with Crippen LogP contribution in [0.2, 0.25) is 0 Å². The SMILES string of the molecule is COc1cc(/C=C2/C(=O)N(c3ccc(C(F)(F)F)cc3)C(C(=O)NC3CCCCC3)c3ccccc32)cc(OC)c1O. The van der Waals surface area contributed by atoms with E-state index in [1.54, 1.807) is 30.3 Å². The number of benzene rings is 3. The van der Waals surface area contributed by atoms with Crippen LogP contribution >= 0.6 is 0 Å². The number of nitrogens with zero attached hydrogens (tertiary/aromatic N) is 1. The molecule has 5 rings (SSSR count). The van der Waals surface area contributed by atoms with Crippen molar-refractivity contribution in [3.8, 4) is 17.2 Å². The summed E-state index contributed by atoms with van der Waals surface area (Å²) in [5.74, 6) is -0.912. The number of aromatic hydroxyl groups is 1. The molecule has 42 heavy (non-hydrogen) atoms. The molecule has 1 saturated carbocycles. The number of halogens is 3. The largest absolute Gasteiger partial charge is 0.502 e. The van der Waals surface area contributed by atoms with Crippen molar-refractivity contribution < 1.29 is 37.3 Å². The minimum absolute atomic E-state index is 0.0446. The van der Waals surface area contributed by atoms with E-state index < -0.39 is 29.6 Å². The quantitative estimate of drug-likeness (QED) is 0.325. The predicted molar refractivity (Wildman–Crippen MR) is 152 cm³/mol. The number of alkyl halides is 3. The van der Waals surface area contributed by atoms with Crippen LogP contribution in [0.3, 0.4) is 0 Å². The van der Waals surface area contributed by atoms with Crippen LogP contribution in [0.4, 0.5) is 18.9 Å². The van der Waals surface area contributed by atoms with E-state index in [-0.39, 0.29) is 34.6 Å². The Bertz CT molecular complexity index is 1490. The van der Waals surface area contributed by atoms with Crippen molar-refractivity contribution in [3.63, 3.8) is 0 Å². The molecule has 1 heterocycles. The Morgan fingerprint density at radius 1 is 0.976 bits per heavy atom. The summed E-state index contributed by atoms with van der Waals surface area (Å²) in [7, 11) is 2.77. The molecule has 0 aromatic heterocycles. The highest BCUT2D eigenvalue weighted by atomic mass is 19.4. The molecule has 2 amide bonds. The van der Waals surface area contributed by atoms with Gasteiger partial charge in [0, 0.05) is 17.3 Å². The highest BCUT2D eigenvalue weighted by Gasteiger charge is 2.42. The summed E-state index contributed by atoms with van der Waals surface area (Å²) in [6, 6.07) is 13.1. The van der Waals surface area contributed by atoms with Crippen LogP contribution in [0.1, 0.15) is 60.4 Å². The van der Waals surface area contributed by atoms with E-state index in [4.69, 9.17) is 9.47 Å². The molecule has 0 bridgehead atoms. The summed E-state index contributed by atoms with van der Waals surface area (Å²) in [4.78, 5) is 29.4. The molecule has 2 aliphatic rings. The fourth-order valence-corrected chi connectivity index (χ4v) is 5.65. The standard InChI is InChI=1S/C32H31F3N2O5/c1-41-26-17-19(18-27(42-2)29(26)38)16-25-23-10-6-7-11-24(23)28(30(39)36-21-8-4-3-5-9-21)37(31(25)40)22-14-12-20(13-15-22)32(33,34)35/h6-7,10-18,21,28,38H,3-5,8-9H2,1-2H3,(H,36,39)/b25-16+. The summed E-state index contributed by atoms with van der Waals surface area (Å²) in [5, 5.41) is 13.5. The number of phenols is 1. The van der Waals surface area contributed by atoms with E-state index in [0.717, 1.165) is 44.2 Å². The van der Waals surface area contributed by atoms with Crippen molar-refractivity contribution >= 4 is 29.2 Å². The van der Waals surface area contributed by atoms with Crippen molar-refractivity contribution in [1.82, 2.24) is 5.32 Å². The van der Waals surface area contributed by atoms with Crippen LogP contribution in [0.15, 0.2) is 60.7 Å². The maximum atomic E-state index is 14.3. The number of hydrogen-bond acceptors (Lipinski definition) is 5. The first-order valence-corrected chi connectivity index (χ1v) is 13.7. The lowest BCUT2D eigenvalue weighted by atomic mass is 9.86. The van der Waals surface area contributed by atoms with Gasteiger partial charge >= 0.3 is 6.18 Å². The van der Waals surface area contributed by atoms with E-state index in [0.29, 0.717) is 16.7 Å². The molecule has 1 unspecified atom stereocenters. The lowest BCUT2D eigenvalue weighted by Gasteiger charge is -2.38. The highest BCUT2D eigenvalue weighted by molar-refractivity contribution is 6.33. The molecule has 3 aromatic rings. The Labute approximate surface area is 241 Å². The van der Waals surface area contributed by atoms with Crippen molar-refractivity contribution in [2.24, 2.45) is 0 Å². The highest BCUT2D eigenvalue weighted by Crippen LogP contribution is 2.43. The number of nitrogens with one attached hydrogen (secondary N) is 1.